The summed E-state index contributed by atoms with van der Waals surface area (Å²) in [5.74, 6) is -0.148. The second-order valence-electron chi connectivity index (χ2n) is 6.43. The van der Waals surface area contributed by atoms with Crippen LogP contribution in [0, 0.1) is 0 Å². The van der Waals surface area contributed by atoms with E-state index in [9.17, 15) is 4.79 Å². The van der Waals surface area contributed by atoms with Crippen molar-refractivity contribution in [3.63, 3.8) is 0 Å². The topological polar surface area (TPSA) is 67.1 Å². The van der Waals surface area contributed by atoms with Crippen LogP contribution in [-0.4, -0.2) is 18.0 Å². The Morgan fingerprint density at radius 1 is 1.09 bits per heavy atom. The van der Waals surface area contributed by atoms with Gasteiger partial charge in [0.05, 0.1) is 5.56 Å². The van der Waals surface area contributed by atoms with Crippen LogP contribution >= 0.6 is 0 Å². The Hall–Kier alpha value is -2.33. The number of amides is 1. The minimum absolute atomic E-state index is 0.148. The van der Waals surface area contributed by atoms with E-state index >= 15 is 0 Å². The molecule has 1 atom stereocenters. The van der Waals surface area contributed by atoms with Gasteiger partial charge in [-0.25, -0.2) is 0 Å². The lowest BCUT2D eigenvalue weighted by atomic mass is 10.0. The van der Waals surface area contributed by atoms with Gasteiger partial charge in [-0.2, -0.15) is 0 Å². The summed E-state index contributed by atoms with van der Waals surface area (Å²) in [7, 11) is 0. The second kappa shape index (κ2) is 7.29. The van der Waals surface area contributed by atoms with Crippen molar-refractivity contribution in [1.29, 1.82) is 0 Å². The number of nitrogen functional groups attached to an aromatic ring is 1. The van der Waals surface area contributed by atoms with E-state index in [1.165, 1.54) is 5.56 Å². The van der Waals surface area contributed by atoms with Crippen LogP contribution in [0.4, 0.5) is 5.69 Å². The van der Waals surface area contributed by atoms with Gasteiger partial charge in [0.15, 0.2) is 0 Å². The first kappa shape index (κ1) is 17.0. The van der Waals surface area contributed by atoms with Gasteiger partial charge in [-0.15, -0.1) is 0 Å². The highest BCUT2D eigenvalue weighted by Crippen LogP contribution is 2.16. The number of hydrogen-bond donors (Lipinski definition) is 3. The number of para-hydroxylation sites is 1. The molecule has 1 amide bonds. The first-order valence-electron chi connectivity index (χ1n) is 7.84. The first-order valence-corrected chi connectivity index (χ1v) is 7.84. The third-order valence-electron chi connectivity index (χ3n) is 3.80. The molecule has 0 aliphatic carbocycles. The fourth-order valence-corrected chi connectivity index (χ4v) is 2.56. The van der Waals surface area contributed by atoms with Crippen molar-refractivity contribution >= 4 is 11.6 Å². The highest BCUT2D eigenvalue weighted by atomic mass is 16.1. The third kappa shape index (κ3) is 4.83. The van der Waals surface area contributed by atoms with Gasteiger partial charge in [0.25, 0.3) is 5.91 Å². The standard InChI is InChI=1S/C19H25N3O/c1-14(15-9-5-4-6-10-15)22-19(2,3)13-21-18(23)16-11-7-8-12-17(16)20/h4-12,14,22H,13,20H2,1-3H3,(H,21,23). The zero-order valence-corrected chi connectivity index (χ0v) is 14.0. The van der Waals surface area contributed by atoms with E-state index in [1.54, 1.807) is 12.1 Å². The fraction of sp³-hybridized carbons (Fsp3) is 0.316. The van der Waals surface area contributed by atoms with Gasteiger partial charge in [0.1, 0.15) is 0 Å². The van der Waals surface area contributed by atoms with Crippen molar-refractivity contribution in [1.82, 2.24) is 10.6 Å². The Kier molecular flexibility index (Phi) is 5.40. The van der Waals surface area contributed by atoms with Crippen LogP contribution in [0.1, 0.15) is 42.7 Å². The average Bonchev–Trinajstić information content (AvgIpc) is 2.53. The predicted octanol–water partition coefficient (Wildman–Crippen LogP) is 3.13. The lowest BCUT2D eigenvalue weighted by Gasteiger charge is -2.31. The minimum atomic E-state index is -0.242. The number of nitrogens with one attached hydrogen (secondary N) is 2. The van der Waals surface area contributed by atoms with Crippen LogP contribution < -0.4 is 16.4 Å². The molecule has 4 heteroatoms. The van der Waals surface area contributed by atoms with Crippen LogP contribution in [-0.2, 0) is 0 Å². The van der Waals surface area contributed by atoms with E-state index in [0.29, 0.717) is 17.8 Å². The van der Waals surface area contributed by atoms with E-state index in [4.69, 9.17) is 5.73 Å². The van der Waals surface area contributed by atoms with Gasteiger partial charge in [0, 0.05) is 23.8 Å². The fourth-order valence-electron chi connectivity index (χ4n) is 2.56. The van der Waals surface area contributed by atoms with Crippen molar-refractivity contribution in [2.45, 2.75) is 32.4 Å². The number of carbonyl (C=O) groups excluding carboxylic acids is 1. The Labute approximate surface area is 138 Å². The molecule has 0 saturated carbocycles. The SMILES string of the molecule is CC(NC(C)(C)CNC(=O)c1ccccc1N)c1ccccc1. The van der Waals surface area contributed by atoms with E-state index < -0.39 is 0 Å². The minimum Gasteiger partial charge on any atom is -0.398 e. The van der Waals surface area contributed by atoms with Crippen molar-refractivity contribution in [2.24, 2.45) is 0 Å². The molecule has 0 fully saturated rings. The van der Waals surface area contributed by atoms with Crippen molar-refractivity contribution < 1.29 is 4.79 Å². The van der Waals surface area contributed by atoms with Crippen LogP contribution in [0.2, 0.25) is 0 Å². The number of carbonyl (C=O) groups is 1. The van der Waals surface area contributed by atoms with Crippen LogP contribution in [0.3, 0.4) is 0 Å². The maximum atomic E-state index is 12.2. The highest BCUT2D eigenvalue weighted by Gasteiger charge is 2.22. The van der Waals surface area contributed by atoms with Crippen molar-refractivity contribution in [2.75, 3.05) is 12.3 Å². The lowest BCUT2D eigenvalue weighted by Crippen LogP contribution is -2.49. The van der Waals surface area contributed by atoms with Crippen LogP contribution in [0.5, 0.6) is 0 Å². The molecule has 0 radical (unpaired) electrons. The molecule has 2 rings (SSSR count). The van der Waals surface area contributed by atoms with E-state index in [0.717, 1.165) is 0 Å². The predicted molar refractivity (Wildman–Crippen MR) is 95.3 cm³/mol. The van der Waals surface area contributed by atoms with Gasteiger partial charge < -0.3 is 16.4 Å². The van der Waals surface area contributed by atoms with E-state index in [2.05, 4.69) is 43.5 Å². The van der Waals surface area contributed by atoms with E-state index in [-0.39, 0.29) is 17.5 Å². The molecule has 4 nitrogen and oxygen atoms in total. The Morgan fingerprint density at radius 3 is 2.35 bits per heavy atom. The molecule has 0 aliphatic rings. The average molecular weight is 311 g/mol. The lowest BCUT2D eigenvalue weighted by molar-refractivity contribution is 0.0942. The molecule has 122 valence electrons. The second-order valence-corrected chi connectivity index (χ2v) is 6.43. The molecule has 0 spiro atoms. The molecule has 0 heterocycles. The van der Waals surface area contributed by atoms with Crippen molar-refractivity contribution in [3.05, 3.63) is 65.7 Å². The van der Waals surface area contributed by atoms with Crippen molar-refractivity contribution in [3.8, 4) is 0 Å². The highest BCUT2D eigenvalue weighted by molar-refractivity contribution is 5.99. The van der Waals surface area contributed by atoms with Crippen LogP contribution in [0.15, 0.2) is 54.6 Å². The zero-order valence-electron chi connectivity index (χ0n) is 14.0. The summed E-state index contributed by atoms with van der Waals surface area (Å²) in [5.41, 5.74) is 7.83. The van der Waals surface area contributed by atoms with Gasteiger partial charge in [-0.3, -0.25) is 4.79 Å². The molecule has 2 aromatic carbocycles. The molecule has 4 N–H and O–H groups in total. The van der Waals surface area contributed by atoms with Crippen LogP contribution in [0.25, 0.3) is 0 Å². The summed E-state index contributed by atoms with van der Waals surface area (Å²) in [6, 6.07) is 17.5. The maximum absolute atomic E-state index is 12.2. The third-order valence-corrected chi connectivity index (χ3v) is 3.80. The zero-order chi connectivity index (χ0) is 16.9. The monoisotopic (exact) mass is 311 g/mol. The normalized spacial score (nSPS) is 12.7. The van der Waals surface area contributed by atoms with Gasteiger partial charge in [-0.05, 0) is 38.5 Å². The Bertz CT molecular complexity index is 653. The molecular formula is C19H25N3O. The van der Waals surface area contributed by atoms with Gasteiger partial charge >= 0.3 is 0 Å². The largest absolute Gasteiger partial charge is 0.398 e. The summed E-state index contributed by atoms with van der Waals surface area (Å²) in [6.07, 6.45) is 0. The molecule has 0 saturated heterocycles. The molecule has 2 aromatic rings. The number of hydrogen-bond acceptors (Lipinski definition) is 3. The number of anilines is 1. The number of rotatable bonds is 6. The van der Waals surface area contributed by atoms with Gasteiger partial charge in [-0.1, -0.05) is 42.5 Å². The number of nitrogens with two attached hydrogens (primary N) is 1. The number of benzene rings is 2. The quantitative estimate of drug-likeness (QED) is 0.718. The van der Waals surface area contributed by atoms with E-state index in [1.807, 2.05) is 30.3 Å². The van der Waals surface area contributed by atoms with Gasteiger partial charge in [0.2, 0.25) is 0 Å². The summed E-state index contributed by atoms with van der Waals surface area (Å²) in [6.45, 7) is 6.77. The summed E-state index contributed by atoms with van der Waals surface area (Å²) in [4.78, 5) is 12.2. The molecule has 23 heavy (non-hydrogen) atoms. The molecule has 0 aliphatic heterocycles. The molecular weight excluding hydrogens is 286 g/mol. The smallest absolute Gasteiger partial charge is 0.253 e. The molecule has 0 aromatic heterocycles. The summed E-state index contributed by atoms with van der Waals surface area (Å²) in [5, 5.41) is 6.50. The summed E-state index contributed by atoms with van der Waals surface area (Å²) >= 11 is 0. The Balaban J connectivity index is 1.93. The maximum Gasteiger partial charge on any atom is 0.253 e. The summed E-state index contributed by atoms with van der Waals surface area (Å²) < 4.78 is 0. The Morgan fingerprint density at radius 2 is 1.70 bits per heavy atom. The molecule has 1 unspecified atom stereocenters. The molecule has 0 bridgehead atoms. The first-order chi connectivity index (χ1) is 10.9.